The van der Waals surface area contributed by atoms with Crippen LogP contribution in [0.2, 0.25) is 5.02 Å². The van der Waals surface area contributed by atoms with E-state index in [-0.39, 0.29) is 17.1 Å². The average Bonchev–Trinajstić information content (AvgIpc) is 2.69. The number of urea groups is 1. The van der Waals surface area contributed by atoms with Crippen molar-refractivity contribution in [3.8, 4) is 0 Å². The molecule has 148 valence electrons. The molecule has 2 amide bonds. The summed E-state index contributed by atoms with van der Waals surface area (Å²) in [5.74, 6) is -1.90. The molecule has 4 rings (SSSR count). The molecule has 0 atom stereocenters. The Bertz CT molecular complexity index is 1220. The lowest BCUT2D eigenvalue weighted by Crippen LogP contribution is -2.51. The molecular weight excluding hydrogens is 422 g/mol. The van der Waals surface area contributed by atoms with Crippen molar-refractivity contribution in [3.05, 3.63) is 89.0 Å². The van der Waals surface area contributed by atoms with Crippen LogP contribution < -0.4 is 9.21 Å². The van der Waals surface area contributed by atoms with E-state index in [4.69, 9.17) is 11.6 Å². The van der Waals surface area contributed by atoms with Gasteiger partial charge in [-0.05, 0) is 42.0 Å². The van der Waals surface area contributed by atoms with E-state index in [1.54, 1.807) is 30.3 Å². The molecule has 29 heavy (non-hydrogen) atoms. The Morgan fingerprint density at radius 2 is 1.59 bits per heavy atom. The Kier molecular flexibility index (Phi) is 4.76. The minimum Gasteiger partial charge on any atom is -0.287 e. The number of halogens is 3. The summed E-state index contributed by atoms with van der Waals surface area (Å²) in [4.78, 5) is 14.2. The van der Waals surface area contributed by atoms with Crippen molar-refractivity contribution in [2.75, 3.05) is 9.21 Å². The van der Waals surface area contributed by atoms with E-state index >= 15 is 0 Å². The summed E-state index contributed by atoms with van der Waals surface area (Å²) in [6.45, 7) is 0.00989. The highest BCUT2D eigenvalue weighted by molar-refractivity contribution is 7.94. The van der Waals surface area contributed by atoms with Crippen LogP contribution in [0.1, 0.15) is 5.56 Å². The van der Waals surface area contributed by atoms with Crippen LogP contribution in [0.3, 0.4) is 0 Å². The number of amides is 2. The number of para-hydroxylation sites is 1. The number of carbonyl (C=O) groups excluding carboxylic acids is 1. The molecule has 0 fully saturated rings. The molecule has 1 aliphatic rings. The monoisotopic (exact) mass is 434 g/mol. The van der Waals surface area contributed by atoms with Crippen LogP contribution in [-0.4, -0.2) is 14.4 Å². The third-order valence-electron chi connectivity index (χ3n) is 4.46. The molecule has 1 aliphatic heterocycles. The van der Waals surface area contributed by atoms with Crippen molar-refractivity contribution in [3.63, 3.8) is 0 Å². The van der Waals surface area contributed by atoms with Crippen molar-refractivity contribution in [2.45, 2.75) is 11.4 Å². The van der Waals surface area contributed by atoms with Crippen LogP contribution >= 0.6 is 11.6 Å². The molecule has 1 heterocycles. The first-order valence-corrected chi connectivity index (χ1v) is 10.3. The first-order valence-electron chi connectivity index (χ1n) is 8.44. The normalized spacial score (nSPS) is 15.3. The first kappa shape index (κ1) is 19.4. The quantitative estimate of drug-likeness (QED) is 0.585. The Morgan fingerprint density at radius 1 is 0.897 bits per heavy atom. The molecule has 3 aromatic carbocycles. The van der Waals surface area contributed by atoms with Gasteiger partial charge in [0.2, 0.25) is 0 Å². The van der Waals surface area contributed by atoms with Gasteiger partial charge in [-0.1, -0.05) is 35.9 Å². The summed E-state index contributed by atoms with van der Waals surface area (Å²) in [5.41, 5.74) is 0.155. The van der Waals surface area contributed by atoms with Crippen LogP contribution in [-0.2, 0) is 16.6 Å². The zero-order valence-corrected chi connectivity index (χ0v) is 16.3. The maximum Gasteiger partial charge on any atom is 0.343 e. The second-order valence-electron chi connectivity index (χ2n) is 6.33. The van der Waals surface area contributed by atoms with Crippen molar-refractivity contribution < 1.29 is 22.0 Å². The predicted octanol–water partition coefficient (Wildman–Crippen LogP) is 4.95. The SMILES string of the molecule is O=C1N(Cc2ccc(Cl)cc2)c2ccccc2S(=O)(=O)N1c1cc(F)ccc1F. The van der Waals surface area contributed by atoms with E-state index < -0.39 is 33.4 Å². The van der Waals surface area contributed by atoms with Crippen molar-refractivity contribution in [1.82, 2.24) is 0 Å². The second kappa shape index (κ2) is 7.13. The maximum absolute atomic E-state index is 14.4. The van der Waals surface area contributed by atoms with Gasteiger partial charge in [0.05, 0.1) is 12.2 Å². The molecule has 0 saturated carbocycles. The largest absolute Gasteiger partial charge is 0.343 e. The van der Waals surface area contributed by atoms with E-state index in [0.717, 1.165) is 12.1 Å². The van der Waals surface area contributed by atoms with Gasteiger partial charge in [-0.15, -0.1) is 0 Å². The number of fused-ring (bicyclic) bond motifs is 1. The zero-order valence-electron chi connectivity index (χ0n) is 14.7. The Hall–Kier alpha value is -2.97. The fourth-order valence-corrected chi connectivity index (χ4v) is 4.83. The van der Waals surface area contributed by atoms with Crippen molar-refractivity contribution >= 4 is 39.0 Å². The third kappa shape index (κ3) is 3.34. The topological polar surface area (TPSA) is 57.7 Å². The highest BCUT2D eigenvalue weighted by Crippen LogP contribution is 2.38. The first-order chi connectivity index (χ1) is 13.8. The Morgan fingerprint density at radius 3 is 2.31 bits per heavy atom. The summed E-state index contributed by atoms with van der Waals surface area (Å²) in [6, 6.07) is 13.8. The standard InChI is InChI=1S/C20H13ClF2N2O3S/c21-14-7-5-13(6-8-14)12-24-17-3-1-2-4-19(17)29(27,28)25(20(24)26)18-11-15(22)9-10-16(18)23/h1-11H,12H2. The van der Waals surface area contributed by atoms with Gasteiger partial charge in [-0.3, -0.25) is 4.90 Å². The number of anilines is 2. The molecule has 0 N–H and O–H groups in total. The number of rotatable bonds is 3. The highest BCUT2D eigenvalue weighted by atomic mass is 35.5. The molecule has 0 aromatic heterocycles. The lowest BCUT2D eigenvalue weighted by Gasteiger charge is -2.36. The minimum absolute atomic E-state index is 0.00989. The van der Waals surface area contributed by atoms with Gasteiger partial charge >= 0.3 is 6.03 Å². The van der Waals surface area contributed by atoms with E-state index in [1.807, 2.05) is 0 Å². The van der Waals surface area contributed by atoms with E-state index in [2.05, 4.69) is 0 Å². The number of nitrogens with zero attached hydrogens (tertiary/aromatic N) is 2. The Labute approximate surface area is 170 Å². The fourth-order valence-electron chi connectivity index (χ4n) is 3.11. The molecular formula is C20H13ClF2N2O3S. The van der Waals surface area contributed by atoms with Gasteiger partial charge in [0, 0.05) is 11.1 Å². The third-order valence-corrected chi connectivity index (χ3v) is 6.45. The van der Waals surface area contributed by atoms with E-state index in [1.165, 1.54) is 23.1 Å². The lowest BCUT2D eigenvalue weighted by molar-refractivity contribution is 0.253. The van der Waals surface area contributed by atoms with Crippen LogP contribution in [0.25, 0.3) is 0 Å². The summed E-state index contributed by atoms with van der Waals surface area (Å²) in [5, 5.41) is 0.505. The number of carbonyl (C=O) groups is 1. The number of hydrogen-bond donors (Lipinski definition) is 0. The van der Waals surface area contributed by atoms with Crippen LogP contribution in [0, 0.1) is 11.6 Å². The molecule has 0 spiro atoms. The number of sulfonamides is 1. The molecule has 0 aliphatic carbocycles. The van der Waals surface area contributed by atoms with E-state index in [9.17, 15) is 22.0 Å². The lowest BCUT2D eigenvalue weighted by atomic mass is 10.2. The summed E-state index contributed by atoms with van der Waals surface area (Å²) in [7, 11) is -4.44. The van der Waals surface area contributed by atoms with Gasteiger partial charge in [0.15, 0.2) is 0 Å². The molecule has 9 heteroatoms. The van der Waals surface area contributed by atoms with Crippen LogP contribution in [0.4, 0.5) is 25.0 Å². The number of hydrogen-bond acceptors (Lipinski definition) is 3. The summed E-state index contributed by atoms with van der Waals surface area (Å²) in [6.07, 6.45) is 0. The smallest absolute Gasteiger partial charge is 0.287 e. The molecule has 0 radical (unpaired) electrons. The molecule has 0 bridgehead atoms. The summed E-state index contributed by atoms with van der Waals surface area (Å²) < 4.78 is 54.6. The van der Waals surface area contributed by atoms with Gasteiger partial charge in [-0.25, -0.2) is 22.0 Å². The number of benzene rings is 3. The predicted molar refractivity (Wildman–Crippen MR) is 105 cm³/mol. The summed E-state index contributed by atoms with van der Waals surface area (Å²) >= 11 is 5.89. The van der Waals surface area contributed by atoms with Gasteiger partial charge in [0.25, 0.3) is 10.0 Å². The van der Waals surface area contributed by atoms with Crippen LogP contribution in [0.5, 0.6) is 0 Å². The Balaban J connectivity index is 1.89. The van der Waals surface area contributed by atoms with Crippen LogP contribution in [0.15, 0.2) is 71.6 Å². The molecule has 0 saturated heterocycles. The fraction of sp³-hybridized carbons (Fsp3) is 0.0500. The molecule has 5 nitrogen and oxygen atoms in total. The second-order valence-corrected chi connectivity index (χ2v) is 8.52. The molecule has 0 unspecified atom stereocenters. The van der Waals surface area contributed by atoms with Gasteiger partial charge < -0.3 is 0 Å². The van der Waals surface area contributed by atoms with Crippen molar-refractivity contribution in [1.29, 1.82) is 0 Å². The average molecular weight is 435 g/mol. The van der Waals surface area contributed by atoms with E-state index in [0.29, 0.717) is 21.0 Å². The highest BCUT2D eigenvalue weighted by Gasteiger charge is 2.43. The molecule has 3 aromatic rings. The maximum atomic E-state index is 14.4. The minimum atomic E-state index is -4.44. The van der Waals surface area contributed by atoms with Crippen molar-refractivity contribution in [2.24, 2.45) is 0 Å². The van der Waals surface area contributed by atoms with Gasteiger partial charge in [0.1, 0.15) is 22.2 Å². The zero-order chi connectivity index (χ0) is 20.8. The van der Waals surface area contributed by atoms with Gasteiger partial charge in [-0.2, -0.15) is 4.31 Å².